The van der Waals surface area contributed by atoms with E-state index in [2.05, 4.69) is 37.9 Å². The summed E-state index contributed by atoms with van der Waals surface area (Å²) in [6, 6.07) is 1.00. The van der Waals surface area contributed by atoms with Crippen LogP contribution < -0.4 is 10.5 Å². The molecule has 0 amide bonds. The van der Waals surface area contributed by atoms with E-state index in [4.69, 9.17) is 5.14 Å². The predicted octanol–water partition coefficient (Wildman–Crippen LogP) is -0.0167. The van der Waals surface area contributed by atoms with Crippen LogP contribution in [0.2, 0.25) is 0 Å². The average Bonchev–Trinajstić information content (AvgIpc) is 2.07. The third-order valence-corrected chi connectivity index (χ3v) is 3.21. The molecule has 0 aliphatic heterocycles. The van der Waals surface area contributed by atoms with Gasteiger partial charge in [-0.2, -0.15) is 0 Å². The maximum atomic E-state index is 10.7. The van der Waals surface area contributed by atoms with Gasteiger partial charge >= 0.3 is 0 Å². The molecule has 0 saturated heterocycles. The zero-order valence-corrected chi connectivity index (χ0v) is 11.5. The Morgan fingerprint density at radius 1 is 1.12 bits per heavy atom. The first-order valence-corrected chi connectivity index (χ1v) is 7.42. The molecular weight excluding hydrogens is 226 g/mol. The van der Waals surface area contributed by atoms with Crippen molar-refractivity contribution in [2.24, 2.45) is 5.14 Å². The molecule has 0 spiro atoms. The van der Waals surface area contributed by atoms with Gasteiger partial charge in [-0.25, -0.2) is 13.6 Å². The van der Waals surface area contributed by atoms with Gasteiger partial charge in [-0.3, -0.25) is 4.90 Å². The highest BCUT2D eigenvalue weighted by atomic mass is 32.2. The minimum Gasteiger partial charge on any atom is -0.314 e. The Hall–Kier alpha value is -0.170. The Morgan fingerprint density at radius 3 is 2.00 bits per heavy atom. The number of hydrogen-bond acceptors (Lipinski definition) is 4. The van der Waals surface area contributed by atoms with Crippen molar-refractivity contribution >= 4 is 10.0 Å². The van der Waals surface area contributed by atoms with E-state index in [1.807, 2.05) is 0 Å². The number of nitrogens with zero attached hydrogens (tertiary/aromatic N) is 1. The number of nitrogens with one attached hydrogen (secondary N) is 1. The second kappa shape index (κ2) is 7.21. The van der Waals surface area contributed by atoms with Gasteiger partial charge in [0.2, 0.25) is 10.0 Å². The van der Waals surface area contributed by atoms with E-state index in [1.165, 1.54) is 0 Å². The highest BCUT2D eigenvalue weighted by molar-refractivity contribution is 7.89. The summed E-state index contributed by atoms with van der Waals surface area (Å²) >= 11 is 0. The number of primary sulfonamides is 1. The van der Waals surface area contributed by atoms with E-state index in [-0.39, 0.29) is 5.75 Å². The summed E-state index contributed by atoms with van der Waals surface area (Å²) in [4.78, 5) is 2.35. The molecule has 0 aliphatic carbocycles. The zero-order valence-electron chi connectivity index (χ0n) is 10.7. The van der Waals surface area contributed by atoms with Crippen LogP contribution in [0.5, 0.6) is 0 Å². The molecule has 0 aliphatic rings. The lowest BCUT2D eigenvalue weighted by Gasteiger charge is -2.30. The molecule has 0 heterocycles. The summed E-state index contributed by atoms with van der Waals surface area (Å²) in [6.45, 7) is 10.7. The fourth-order valence-corrected chi connectivity index (χ4v) is 2.09. The molecule has 0 aromatic rings. The maximum absolute atomic E-state index is 10.7. The number of sulfonamides is 1. The van der Waals surface area contributed by atoms with Crippen molar-refractivity contribution in [3.8, 4) is 0 Å². The molecule has 5 nitrogen and oxygen atoms in total. The van der Waals surface area contributed by atoms with Crippen LogP contribution in [0.15, 0.2) is 0 Å². The summed E-state index contributed by atoms with van der Waals surface area (Å²) in [5.41, 5.74) is 0. The number of rotatable bonds is 8. The fourth-order valence-electron chi connectivity index (χ4n) is 1.66. The van der Waals surface area contributed by atoms with Crippen LogP contribution in [0.4, 0.5) is 0 Å². The van der Waals surface area contributed by atoms with Crippen LogP contribution in [-0.2, 0) is 10.0 Å². The molecule has 0 atom stereocenters. The van der Waals surface area contributed by atoms with Gasteiger partial charge in [0, 0.05) is 31.7 Å². The van der Waals surface area contributed by atoms with Crippen LogP contribution in [0.25, 0.3) is 0 Å². The molecular formula is C10H25N3O2S. The molecule has 16 heavy (non-hydrogen) atoms. The van der Waals surface area contributed by atoms with E-state index in [9.17, 15) is 8.42 Å². The highest BCUT2D eigenvalue weighted by Crippen LogP contribution is 2.02. The standard InChI is InChI=1S/C10H25N3O2S/c1-9(2)13(10(3)4)7-5-12-6-8-16(11,14)15/h9-10,12H,5-8H2,1-4H3,(H2,11,14,15). The number of hydrogen-bond donors (Lipinski definition) is 2. The van der Waals surface area contributed by atoms with E-state index < -0.39 is 10.0 Å². The van der Waals surface area contributed by atoms with Gasteiger partial charge in [-0.05, 0) is 27.7 Å². The van der Waals surface area contributed by atoms with Crippen LogP contribution in [0.3, 0.4) is 0 Å². The van der Waals surface area contributed by atoms with Crippen LogP contribution in [0, 0.1) is 0 Å². The minimum atomic E-state index is -3.33. The molecule has 0 aromatic heterocycles. The normalized spacial score (nSPS) is 13.0. The van der Waals surface area contributed by atoms with Gasteiger partial charge in [-0.1, -0.05) is 0 Å². The van der Waals surface area contributed by atoms with Crippen LogP contribution >= 0.6 is 0 Å². The van der Waals surface area contributed by atoms with E-state index in [1.54, 1.807) is 0 Å². The molecule has 0 aromatic carbocycles. The summed E-state index contributed by atoms with van der Waals surface area (Å²) < 4.78 is 21.3. The van der Waals surface area contributed by atoms with Crippen molar-refractivity contribution < 1.29 is 8.42 Å². The Labute approximate surface area is 99.4 Å². The van der Waals surface area contributed by atoms with Crippen LogP contribution in [0.1, 0.15) is 27.7 Å². The molecule has 0 radical (unpaired) electrons. The predicted molar refractivity (Wildman–Crippen MR) is 67.8 cm³/mol. The largest absolute Gasteiger partial charge is 0.314 e. The van der Waals surface area contributed by atoms with Gasteiger partial charge in [0.05, 0.1) is 5.75 Å². The second-order valence-corrected chi connectivity index (χ2v) is 6.28. The fraction of sp³-hybridized carbons (Fsp3) is 1.00. The van der Waals surface area contributed by atoms with Crippen molar-refractivity contribution in [3.05, 3.63) is 0 Å². The Morgan fingerprint density at radius 2 is 1.62 bits per heavy atom. The first kappa shape index (κ1) is 15.8. The smallest absolute Gasteiger partial charge is 0.210 e. The lowest BCUT2D eigenvalue weighted by atomic mass is 10.2. The lowest BCUT2D eigenvalue weighted by Crippen LogP contribution is -2.42. The molecule has 6 heteroatoms. The third-order valence-electron chi connectivity index (χ3n) is 2.44. The summed E-state index contributed by atoms with van der Waals surface area (Å²) in [5, 5.41) is 7.98. The van der Waals surface area contributed by atoms with Gasteiger partial charge < -0.3 is 5.32 Å². The first-order chi connectivity index (χ1) is 7.24. The van der Waals surface area contributed by atoms with Crippen molar-refractivity contribution in [1.29, 1.82) is 0 Å². The molecule has 3 N–H and O–H groups in total. The molecule has 0 saturated carbocycles. The van der Waals surface area contributed by atoms with Crippen molar-refractivity contribution in [2.45, 2.75) is 39.8 Å². The quantitative estimate of drug-likeness (QED) is 0.595. The summed E-state index contributed by atoms with van der Waals surface area (Å²) in [5.74, 6) is -0.00361. The summed E-state index contributed by atoms with van der Waals surface area (Å²) in [7, 11) is -3.33. The molecule has 98 valence electrons. The average molecular weight is 251 g/mol. The zero-order chi connectivity index (χ0) is 12.8. The maximum Gasteiger partial charge on any atom is 0.210 e. The van der Waals surface area contributed by atoms with Crippen LogP contribution in [-0.4, -0.2) is 50.8 Å². The first-order valence-electron chi connectivity index (χ1n) is 5.71. The molecule has 0 bridgehead atoms. The van der Waals surface area contributed by atoms with Gasteiger partial charge in [0.1, 0.15) is 0 Å². The Bertz CT molecular complexity index is 268. The molecule has 0 fully saturated rings. The monoisotopic (exact) mass is 251 g/mol. The second-order valence-electron chi connectivity index (χ2n) is 4.54. The van der Waals surface area contributed by atoms with Crippen molar-refractivity contribution in [2.75, 3.05) is 25.4 Å². The third kappa shape index (κ3) is 8.04. The van der Waals surface area contributed by atoms with E-state index >= 15 is 0 Å². The van der Waals surface area contributed by atoms with Gasteiger partial charge in [0.15, 0.2) is 0 Å². The summed E-state index contributed by atoms with van der Waals surface area (Å²) in [6.07, 6.45) is 0. The minimum absolute atomic E-state index is 0.00361. The topological polar surface area (TPSA) is 75.4 Å². The SMILES string of the molecule is CC(C)N(CCNCCS(N)(=O)=O)C(C)C. The van der Waals surface area contributed by atoms with Crippen molar-refractivity contribution in [3.63, 3.8) is 0 Å². The van der Waals surface area contributed by atoms with Gasteiger partial charge in [-0.15, -0.1) is 0 Å². The van der Waals surface area contributed by atoms with Crippen molar-refractivity contribution in [1.82, 2.24) is 10.2 Å². The Kier molecular flexibility index (Phi) is 7.14. The van der Waals surface area contributed by atoms with E-state index in [0.29, 0.717) is 18.6 Å². The molecule has 0 unspecified atom stereocenters. The molecule has 0 rings (SSSR count). The highest BCUT2D eigenvalue weighted by Gasteiger charge is 2.12. The lowest BCUT2D eigenvalue weighted by molar-refractivity contribution is 0.176. The number of nitrogens with two attached hydrogens (primary N) is 1. The van der Waals surface area contributed by atoms with Gasteiger partial charge in [0.25, 0.3) is 0 Å². The van der Waals surface area contributed by atoms with E-state index in [0.717, 1.165) is 13.1 Å². The Balaban J connectivity index is 3.72.